The summed E-state index contributed by atoms with van der Waals surface area (Å²) in [5.41, 5.74) is 3.44. The first-order chi connectivity index (χ1) is 15.0. The Morgan fingerprint density at radius 2 is 1.74 bits per heavy atom. The summed E-state index contributed by atoms with van der Waals surface area (Å²) < 4.78 is 0. The van der Waals surface area contributed by atoms with Crippen LogP contribution in [-0.4, -0.2) is 53.0 Å². The molecule has 7 heteroatoms. The summed E-state index contributed by atoms with van der Waals surface area (Å²) in [5, 5.41) is 32.6. The fourth-order valence-corrected chi connectivity index (χ4v) is 2.58. The van der Waals surface area contributed by atoms with Crippen LogP contribution < -0.4 is 0 Å². The standard InChI is InChI=1S/C24H35N3O4/c1-5-9-11-19(23(29)7-3)17-25-21(13-15-27-31)22(14-16-28)26-18-20(12-10-6-2)24(30)8-4/h5,7,9,11-12,17-18,21-22,28-30H,4,6,10,13-16H2,1-3H3/b9-5-,19-11-,20-12-,23-7+,25-17+,26-18+. The number of unbranched alkanes of at least 4 members (excludes halogenated alkanes) is 1. The topological polar surface area (TPSA) is 115 Å². The third-order valence-electron chi connectivity index (χ3n) is 4.33. The summed E-state index contributed by atoms with van der Waals surface area (Å²) in [5.74, 6) is -0.0358. The third kappa shape index (κ3) is 11.7. The fourth-order valence-electron chi connectivity index (χ4n) is 2.58. The molecule has 0 rings (SSSR count). The maximum absolute atomic E-state index is 10.7. The molecule has 0 amide bonds. The van der Waals surface area contributed by atoms with Gasteiger partial charge in [-0.15, -0.1) is 0 Å². The summed E-state index contributed by atoms with van der Waals surface area (Å²) >= 11 is 0. The molecule has 0 aromatic rings. The number of hydrogen-bond acceptors (Lipinski definition) is 7. The van der Waals surface area contributed by atoms with Gasteiger partial charge in [0.25, 0.3) is 0 Å². The highest BCUT2D eigenvalue weighted by Gasteiger charge is 2.19. The molecule has 0 bridgehead atoms. The van der Waals surface area contributed by atoms with Crippen LogP contribution in [0.1, 0.15) is 46.5 Å². The molecule has 0 saturated heterocycles. The Bertz CT molecular complexity index is 770. The lowest BCUT2D eigenvalue weighted by Gasteiger charge is -2.19. The van der Waals surface area contributed by atoms with Gasteiger partial charge in [-0.2, -0.15) is 4.91 Å². The maximum atomic E-state index is 10.7. The molecule has 7 nitrogen and oxygen atoms in total. The molecule has 0 aliphatic rings. The first-order valence-corrected chi connectivity index (χ1v) is 10.4. The van der Waals surface area contributed by atoms with Gasteiger partial charge in [-0.3, -0.25) is 9.98 Å². The summed E-state index contributed by atoms with van der Waals surface area (Å²) in [7, 11) is 0. The van der Waals surface area contributed by atoms with Crippen molar-refractivity contribution in [1.82, 2.24) is 0 Å². The Labute approximate surface area is 185 Å². The van der Waals surface area contributed by atoms with Gasteiger partial charge in [0.15, 0.2) is 5.76 Å². The number of aliphatic hydroxyl groups is 3. The second-order valence-electron chi connectivity index (χ2n) is 6.64. The normalized spacial score (nSPS) is 15.5. The Morgan fingerprint density at radius 1 is 1.10 bits per heavy atom. The molecule has 0 saturated carbocycles. The molecular formula is C24H35N3O4. The van der Waals surface area contributed by atoms with E-state index in [0.717, 1.165) is 12.8 Å². The zero-order chi connectivity index (χ0) is 23.5. The predicted molar refractivity (Wildman–Crippen MR) is 129 cm³/mol. The molecule has 0 spiro atoms. The zero-order valence-electron chi connectivity index (χ0n) is 18.7. The summed E-state index contributed by atoms with van der Waals surface area (Å²) in [4.78, 5) is 19.8. The van der Waals surface area contributed by atoms with E-state index in [9.17, 15) is 20.2 Å². The number of aliphatic hydroxyl groups excluding tert-OH is 3. The van der Waals surface area contributed by atoms with E-state index in [1.54, 1.807) is 25.2 Å². The molecule has 0 radical (unpaired) electrons. The van der Waals surface area contributed by atoms with Crippen molar-refractivity contribution >= 4 is 12.4 Å². The van der Waals surface area contributed by atoms with Crippen LogP contribution in [0.4, 0.5) is 0 Å². The number of nitrogens with zero attached hydrogens (tertiary/aromatic N) is 3. The maximum Gasteiger partial charge on any atom is 0.167 e. The molecule has 0 aliphatic heterocycles. The molecule has 0 fully saturated rings. The van der Waals surface area contributed by atoms with Crippen LogP contribution in [-0.2, 0) is 0 Å². The van der Waals surface area contributed by atoms with Crippen LogP contribution in [0.3, 0.4) is 0 Å². The lowest BCUT2D eigenvalue weighted by Crippen LogP contribution is -2.25. The van der Waals surface area contributed by atoms with Gasteiger partial charge in [0.05, 0.1) is 18.6 Å². The molecule has 0 aliphatic carbocycles. The smallest absolute Gasteiger partial charge is 0.167 e. The minimum atomic E-state index is -0.457. The van der Waals surface area contributed by atoms with E-state index >= 15 is 0 Å². The molecule has 0 aromatic carbocycles. The van der Waals surface area contributed by atoms with Crippen LogP contribution in [0, 0.1) is 4.91 Å². The highest BCUT2D eigenvalue weighted by Crippen LogP contribution is 2.16. The lowest BCUT2D eigenvalue weighted by atomic mass is 10.0. The first-order valence-electron chi connectivity index (χ1n) is 10.4. The van der Waals surface area contributed by atoms with Crippen molar-refractivity contribution in [2.24, 2.45) is 15.2 Å². The predicted octanol–water partition coefficient (Wildman–Crippen LogP) is 5.32. The molecule has 2 unspecified atom stereocenters. The molecule has 31 heavy (non-hydrogen) atoms. The average Bonchev–Trinajstić information content (AvgIpc) is 2.79. The Kier molecular flexibility index (Phi) is 16.1. The van der Waals surface area contributed by atoms with Gasteiger partial charge in [0.1, 0.15) is 5.76 Å². The number of aliphatic imine (C=N–C) groups is 2. The molecule has 170 valence electrons. The fraction of sp³-hybridized carbons (Fsp3) is 0.458. The molecule has 0 heterocycles. The molecule has 0 aromatic heterocycles. The van der Waals surface area contributed by atoms with Crippen molar-refractivity contribution in [3.8, 4) is 0 Å². The SMILES string of the molecule is C=C=C(O)C(=C\CCC)/C=N/C(CCO)C(CCN=O)/N=C/C(=C/C=C\C)C(/O)=C\C. The third-order valence-corrected chi connectivity index (χ3v) is 4.33. The van der Waals surface area contributed by atoms with Crippen LogP contribution >= 0.6 is 0 Å². The second kappa shape index (κ2) is 17.8. The van der Waals surface area contributed by atoms with E-state index in [4.69, 9.17) is 0 Å². The van der Waals surface area contributed by atoms with Gasteiger partial charge in [0.2, 0.25) is 0 Å². The van der Waals surface area contributed by atoms with Gasteiger partial charge in [-0.1, -0.05) is 55.1 Å². The molecule has 2 atom stereocenters. The van der Waals surface area contributed by atoms with Gasteiger partial charge in [0, 0.05) is 30.2 Å². The Morgan fingerprint density at radius 3 is 2.26 bits per heavy atom. The van der Waals surface area contributed by atoms with Crippen LogP contribution in [0.15, 0.2) is 80.5 Å². The average molecular weight is 430 g/mol. The highest BCUT2D eigenvalue weighted by atomic mass is 16.3. The quantitative estimate of drug-likeness (QED) is 0.107. The number of allylic oxidation sites excluding steroid dienone is 7. The number of rotatable bonds is 15. The largest absolute Gasteiger partial charge is 0.508 e. The second-order valence-corrected chi connectivity index (χ2v) is 6.64. The lowest BCUT2D eigenvalue weighted by molar-refractivity contribution is 0.267. The first kappa shape index (κ1) is 28.0. The van der Waals surface area contributed by atoms with Crippen LogP contribution in [0.2, 0.25) is 0 Å². The molecular weight excluding hydrogens is 394 g/mol. The van der Waals surface area contributed by atoms with E-state index in [1.807, 2.05) is 26.0 Å². The Balaban J connectivity index is 6.02. The minimum absolute atomic E-state index is 0.0410. The monoisotopic (exact) mass is 429 g/mol. The zero-order valence-corrected chi connectivity index (χ0v) is 18.7. The Hall–Kier alpha value is -3.02. The van der Waals surface area contributed by atoms with E-state index in [1.165, 1.54) is 12.4 Å². The highest BCUT2D eigenvalue weighted by molar-refractivity contribution is 5.85. The van der Waals surface area contributed by atoms with Gasteiger partial charge in [-0.25, -0.2) is 0 Å². The summed E-state index contributed by atoms with van der Waals surface area (Å²) in [6.45, 7) is 8.97. The number of hydrogen-bond donors (Lipinski definition) is 3. The van der Waals surface area contributed by atoms with Gasteiger partial charge in [-0.05, 0) is 39.2 Å². The summed E-state index contributed by atoms with van der Waals surface area (Å²) in [6, 6.07) is -0.914. The van der Waals surface area contributed by atoms with Crippen molar-refractivity contribution in [3.63, 3.8) is 0 Å². The van der Waals surface area contributed by atoms with Gasteiger partial charge < -0.3 is 15.3 Å². The van der Waals surface area contributed by atoms with E-state index in [2.05, 4.69) is 27.5 Å². The summed E-state index contributed by atoms with van der Waals surface area (Å²) in [6.07, 6.45) is 14.0. The van der Waals surface area contributed by atoms with Crippen LogP contribution in [0.5, 0.6) is 0 Å². The van der Waals surface area contributed by atoms with Crippen molar-refractivity contribution in [2.75, 3.05) is 13.2 Å². The van der Waals surface area contributed by atoms with E-state index in [0.29, 0.717) is 24.0 Å². The van der Waals surface area contributed by atoms with Crippen molar-refractivity contribution < 1.29 is 15.3 Å². The van der Waals surface area contributed by atoms with Crippen LogP contribution in [0.25, 0.3) is 0 Å². The van der Waals surface area contributed by atoms with Gasteiger partial charge >= 0.3 is 0 Å². The van der Waals surface area contributed by atoms with Crippen molar-refractivity contribution in [2.45, 2.75) is 58.5 Å². The van der Waals surface area contributed by atoms with E-state index < -0.39 is 12.1 Å². The van der Waals surface area contributed by atoms with Crippen molar-refractivity contribution in [3.05, 3.63) is 70.3 Å². The van der Waals surface area contributed by atoms with E-state index in [-0.39, 0.29) is 24.7 Å². The molecule has 3 N–H and O–H groups in total. The number of nitroso groups, excluding NO2 is 1. The van der Waals surface area contributed by atoms with Crippen molar-refractivity contribution in [1.29, 1.82) is 0 Å². The minimum Gasteiger partial charge on any atom is -0.508 e.